The third-order valence-corrected chi connectivity index (χ3v) is 5.91. The number of nitrogens with zero attached hydrogens (tertiary/aromatic N) is 3. The summed E-state index contributed by atoms with van der Waals surface area (Å²) in [5.74, 6) is 0.251. The number of amides is 2. The molecular weight excluding hydrogens is 440 g/mol. The topological polar surface area (TPSA) is 78.2 Å². The van der Waals surface area contributed by atoms with E-state index in [9.17, 15) is 9.59 Å². The lowest BCUT2D eigenvalue weighted by Gasteiger charge is -2.28. The molecular formula is C25H25ClN4O3. The van der Waals surface area contributed by atoms with Crippen molar-refractivity contribution in [2.75, 3.05) is 18.9 Å². The first-order valence-corrected chi connectivity index (χ1v) is 11.0. The molecule has 2 atom stereocenters. The summed E-state index contributed by atoms with van der Waals surface area (Å²) < 4.78 is 5.61. The van der Waals surface area contributed by atoms with E-state index in [2.05, 4.69) is 10.4 Å². The maximum absolute atomic E-state index is 13.4. The SMILES string of the molecule is CC(C(=O)N1N=C(c2ccc(Cl)cc2)CC1c1ccco1)N(C)CC(=O)Nc1ccccc1. The van der Waals surface area contributed by atoms with E-state index in [4.69, 9.17) is 16.0 Å². The van der Waals surface area contributed by atoms with Crippen LogP contribution in [0.25, 0.3) is 0 Å². The molecule has 2 amide bonds. The lowest BCUT2D eigenvalue weighted by Crippen LogP contribution is -2.46. The van der Waals surface area contributed by atoms with Gasteiger partial charge in [-0.1, -0.05) is 41.9 Å². The molecule has 33 heavy (non-hydrogen) atoms. The van der Waals surface area contributed by atoms with Gasteiger partial charge < -0.3 is 9.73 Å². The minimum Gasteiger partial charge on any atom is -0.467 e. The van der Waals surface area contributed by atoms with Crippen LogP contribution in [0.5, 0.6) is 0 Å². The molecule has 0 saturated heterocycles. The second-order valence-electron chi connectivity index (χ2n) is 7.98. The number of likely N-dealkylation sites (N-methyl/N-ethyl adjacent to an activating group) is 1. The predicted octanol–water partition coefficient (Wildman–Crippen LogP) is 4.57. The molecule has 170 valence electrons. The molecule has 0 spiro atoms. The van der Waals surface area contributed by atoms with Crippen LogP contribution in [0.4, 0.5) is 5.69 Å². The average Bonchev–Trinajstić information content (AvgIpc) is 3.49. The number of rotatable bonds is 7. The quantitative estimate of drug-likeness (QED) is 0.555. The smallest absolute Gasteiger partial charge is 0.260 e. The minimum absolute atomic E-state index is 0.0643. The average molecular weight is 465 g/mol. The molecule has 0 radical (unpaired) electrons. The fraction of sp³-hybridized carbons (Fsp3) is 0.240. The molecule has 1 N–H and O–H groups in total. The highest BCUT2D eigenvalue weighted by atomic mass is 35.5. The molecule has 3 aromatic rings. The fourth-order valence-electron chi connectivity index (χ4n) is 3.70. The van der Waals surface area contributed by atoms with Crippen LogP contribution in [-0.2, 0) is 9.59 Å². The normalized spacial score (nSPS) is 16.5. The fourth-order valence-corrected chi connectivity index (χ4v) is 3.82. The first-order chi connectivity index (χ1) is 15.9. The Labute approximate surface area is 197 Å². The standard InChI is InChI=1S/C25H25ClN4O3/c1-17(29(2)16-24(31)27-20-7-4-3-5-8-20)25(32)30-22(23-9-6-14-33-23)15-21(28-30)18-10-12-19(26)13-11-18/h3-14,17,22H,15-16H2,1-2H3,(H,27,31). The number of benzene rings is 2. The second-order valence-corrected chi connectivity index (χ2v) is 8.41. The summed E-state index contributed by atoms with van der Waals surface area (Å²) in [5, 5.41) is 9.59. The maximum atomic E-state index is 13.4. The van der Waals surface area contributed by atoms with Crippen LogP contribution in [-0.4, -0.2) is 47.1 Å². The molecule has 4 rings (SSSR count). The molecule has 1 aromatic heterocycles. The van der Waals surface area contributed by atoms with Crippen molar-refractivity contribution in [3.05, 3.63) is 89.3 Å². The zero-order valence-electron chi connectivity index (χ0n) is 18.4. The first kappa shape index (κ1) is 22.8. The van der Waals surface area contributed by atoms with Gasteiger partial charge in [-0.2, -0.15) is 5.10 Å². The number of anilines is 1. The van der Waals surface area contributed by atoms with Crippen molar-refractivity contribution in [3.63, 3.8) is 0 Å². The zero-order chi connectivity index (χ0) is 23.4. The van der Waals surface area contributed by atoms with Crippen LogP contribution in [0.15, 0.2) is 82.5 Å². The van der Waals surface area contributed by atoms with Crippen LogP contribution in [0.3, 0.4) is 0 Å². The van der Waals surface area contributed by atoms with Crippen LogP contribution in [0.1, 0.15) is 30.7 Å². The Morgan fingerprint density at radius 1 is 1.15 bits per heavy atom. The Balaban J connectivity index is 1.49. The van der Waals surface area contributed by atoms with Gasteiger partial charge >= 0.3 is 0 Å². The molecule has 8 heteroatoms. The molecule has 0 saturated carbocycles. The van der Waals surface area contributed by atoms with Gasteiger partial charge in [0.2, 0.25) is 5.91 Å². The third-order valence-electron chi connectivity index (χ3n) is 5.65. The van der Waals surface area contributed by atoms with Crippen molar-refractivity contribution < 1.29 is 14.0 Å². The number of halogens is 1. The first-order valence-electron chi connectivity index (χ1n) is 10.7. The molecule has 1 aliphatic heterocycles. The minimum atomic E-state index is -0.572. The predicted molar refractivity (Wildman–Crippen MR) is 128 cm³/mol. The van der Waals surface area contributed by atoms with Crippen molar-refractivity contribution in [2.45, 2.75) is 25.4 Å². The Morgan fingerprint density at radius 2 is 1.88 bits per heavy atom. The van der Waals surface area contributed by atoms with Gasteiger partial charge in [0.25, 0.3) is 5.91 Å². The number of hydrogen-bond donors (Lipinski definition) is 1. The Bertz CT molecular complexity index is 1130. The summed E-state index contributed by atoms with van der Waals surface area (Å²) in [5.41, 5.74) is 2.39. The number of carbonyl (C=O) groups excluding carboxylic acids is 2. The lowest BCUT2D eigenvalue weighted by atomic mass is 10.0. The maximum Gasteiger partial charge on any atom is 0.260 e. The Hall–Kier alpha value is -3.42. The highest BCUT2D eigenvalue weighted by Crippen LogP contribution is 2.34. The summed E-state index contributed by atoms with van der Waals surface area (Å²) in [6.07, 6.45) is 2.10. The van der Waals surface area contributed by atoms with Crippen molar-refractivity contribution in [1.29, 1.82) is 0 Å². The molecule has 0 bridgehead atoms. The monoisotopic (exact) mass is 464 g/mol. The van der Waals surface area contributed by atoms with Gasteiger partial charge in [0, 0.05) is 17.1 Å². The Kier molecular flexibility index (Phi) is 6.91. The summed E-state index contributed by atoms with van der Waals surface area (Å²) in [4.78, 5) is 27.6. The molecule has 2 heterocycles. The van der Waals surface area contributed by atoms with Gasteiger partial charge in [-0.05, 0) is 55.9 Å². The lowest BCUT2D eigenvalue weighted by molar-refractivity contribution is -0.138. The highest BCUT2D eigenvalue weighted by molar-refractivity contribution is 6.30. The van der Waals surface area contributed by atoms with E-state index >= 15 is 0 Å². The third kappa shape index (κ3) is 5.32. The number of hydrazone groups is 1. The summed E-state index contributed by atoms with van der Waals surface area (Å²) in [7, 11) is 1.74. The zero-order valence-corrected chi connectivity index (χ0v) is 19.2. The van der Waals surface area contributed by atoms with Gasteiger partial charge in [-0.25, -0.2) is 5.01 Å². The van der Waals surface area contributed by atoms with Crippen molar-refractivity contribution in [2.24, 2.45) is 5.10 Å². The molecule has 7 nitrogen and oxygen atoms in total. The number of nitrogens with one attached hydrogen (secondary N) is 1. The largest absolute Gasteiger partial charge is 0.467 e. The summed E-state index contributed by atoms with van der Waals surface area (Å²) in [6.45, 7) is 1.84. The van der Waals surface area contributed by atoms with Crippen LogP contribution in [0.2, 0.25) is 5.02 Å². The van der Waals surface area contributed by atoms with Gasteiger partial charge in [0.05, 0.1) is 24.6 Å². The van der Waals surface area contributed by atoms with Crippen LogP contribution in [0, 0.1) is 0 Å². The van der Waals surface area contributed by atoms with Crippen molar-refractivity contribution in [3.8, 4) is 0 Å². The van der Waals surface area contributed by atoms with Gasteiger partial charge in [-0.15, -0.1) is 0 Å². The van der Waals surface area contributed by atoms with E-state index in [1.807, 2.05) is 48.5 Å². The molecule has 1 aliphatic rings. The summed E-state index contributed by atoms with van der Waals surface area (Å²) >= 11 is 6.02. The number of hydrogen-bond acceptors (Lipinski definition) is 5. The Morgan fingerprint density at radius 3 is 2.55 bits per heavy atom. The highest BCUT2D eigenvalue weighted by Gasteiger charge is 2.37. The van der Waals surface area contributed by atoms with E-state index in [-0.39, 0.29) is 24.4 Å². The summed E-state index contributed by atoms with van der Waals surface area (Å²) in [6, 6.07) is 19.3. The molecule has 2 unspecified atom stereocenters. The van der Waals surface area contributed by atoms with E-state index in [0.717, 1.165) is 11.3 Å². The molecule has 0 aliphatic carbocycles. The van der Waals surface area contributed by atoms with E-state index in [1.54, 1.807) is 43.3 Å². The van der Waals surface area contributed by atoms with E-state index in [1.165, 1.54) is 5.01 Å². The number of furan rings is 1. The number of carbonyl (C=O) groups is 2. The van der Waals surface area contributed by atoms with E-state index < -0.39 is 6.04 Å². The second kappa shape index (κ2) is 10.0. The van der Waals surface area contributed by atoms with Gasteiger partial charge in [-0.3, -0.25) is 14.5 Å². The van der Waals surface area contributed by atoms with Crippen molar-refractivity contribution >= 4 is 34.8 Å². The van der Waals surface area contributed by atoms with Crippen LogP contribution >= 0.6 is 11.6 Å². The van der Waals surface area contributed by atoms with Gasteiger partial charge in [0.1, 0.15) is 11.8 Å². The van der Waals surface area contributed by atoms with Crippen molar-refractivity contribution in [1.82, 2.24) is 9.91 Å². The molecule has 0 fully saturated rings. The molecule has 2 aromatic carbocycles. The van der Waals surface area contributed by atoms with E-state index in [0.29, 0.717) is 22.9 Å². The number of para-hydroxylation sites is 1. The van der Waals surface area contributed by atoms with Crippen LogP contribution < -0.4 is 5.32 Å². The van der Waals surface area contributed by atoms with Gasteiger partial charge in [0.15, 0.2) is 0 Å².